The molecule has 1 N–H and O–H groups in total. The van der Waals surface area contributed by atoms with Gasteiger partial charge >= 0.3 is 0 Å². The monoisotopic (exact) mass is 284 g/mol. The lowest BCUT2D eigenvalue weighted by Gasteiger charge is -2.11. The van der Waals surface area contributed by atoms with Gasteiger partial charge in [-0.25, -0.2) is 0 Å². The fraction of sp³-hybridized carbons (Fsp3) is 0.412. The van der Waals surface area contributed by atoms with Crippen molar-refractivity contribution in [2.24, 2.45) is 0 Å². The minimum absolute atomic E-state index is 0.00263. The molecule has 0 bridgehead atoms. The van der Waals surface area contributed by atoms with Gasteiger partial charge in [0.15, 0.2) is 0 Å². The van der Waals surface area contributed by atoms with Crippen molar-refractivity contribution < 1.29 is 9.53 Å². The number of aryl methyl sites for hydroxylation is 1. The van der Waals surface area contributed by atoms with Gasteiger partial charge in [-0.15, -0.1) is 0 Å². The van der Waals surface area contributed by atoms with Crippen LogP contribution in [0.4, 0.5) is 0 Å². The van der Waals surface area contributed by atoms with Crippen molar-refractivity contribution in [3.63, 3.8) is 0 Å². The molecule has 0 spiro atoms. The molecule has 21 heavy (non-hydrogen) atoms. The van der Waals surface area contributed by atoms with Gasteiger partial charge in [0.25, 0.3) is 0 Å². The third-order valence-electron chi connectivity index (χ3n) is 3.59. The van der Waals surface area contributed by atoms with Crippen molar-refractivity contribution in [1.82, 2.24) is 10.3 Å². The second-order valence-corrected chi connectivity index (χ2v) is 5.65. The summed E-state index contributed by atoms with van der Waals surface area (Å²) in [7, 11) is 0. The Morgan fingerprint density at radius 1 is 1.38 bits per heavy atom. The zero-order chi connectivity index (χ0) is 14.8. The number of pyridine rings is 1. The lowest BCUT2D eigenvalue weighted by atomic mass is 10.0. The molecule has 0 aliphatic heterocycles. The second kappa shape index (κ2) is 5.72. The van der Waals surface area contributed by atoms with E-state index >= 15 is 0 Å². The normalized spacial score (nSPS) is 14.2. The van der Waals surface area contributed by atoms with Gasteiger partial charge in [0.2, 0.25) is 5.91 Å². The molecular weight excluding hydrogens is 264 g/mol. The molecule has 1 aromatic carbocycles. The van der Waals surface area contributed by atoms with E-state index < -0.39 is 0 Å². The van der Waals surface area contributed by atoms with E-state index in [0.717, 1.165) is 41.6 Å². The Kier molecular flexibility index (Phi) is 3.78. The summed E-state index contributed by atoms with van der Waals surface area (Å²) in [5, 5.41) is 3.96. The number of nitrogens with zero attached hydrogens (tertiary/aromatic N) is 1. The number of carbonyl (C=O) groups excluding carboxylic acids is 1. The first-order valence-electron chi connectivity index (χ1n) is 7.43. The van der Waals surface area contributed by atoms with Gasteiger partial charge in [-0.1, -0.05) is 0 Å². The molecular formula is C17H20N2O2. The van der Waals surface area contributed by atoms with Crippen LogP contribution < -0.4 is 10.1 Å². The summed E-state index contributed by atoms with van der Waals surface area (Å²) in [4.78, 5) is 15.6. The Balaban J connectivity index is 1.89. The van der Waals surface area contributed by atoms with Crippen LogP contribution in [0.15, 0.2) is 24.3 Å². The van der Waals surface area contributed by atoms with E-state index in [4.69, 9.17) is 4.74 Å². The van der Waals surface area contributed by atoms with Gasteiger partial charge in [0.1, 0.15) is 5.75 Å². The topological polar surface area (TPSA) is 51.2 Å². The van der Waals surface area contributed by atoms with Crippen LogP contribution in [0.1, 0.15) is 31.0 Å². The van der Waals surface area contributed by atoms with Crippen molar-refractivity contribution in [3.8, 4) is 5.75 Å². The van der Waals surface area contributed by atoms with Crippen molar-refractivity contribution in [2.75, 3.05) is 6.54 Å². The number of hydrogen-bond acceptors (Lipinski definition) is 3. The smallest absolute Gasteiger partial charge is 0.216 e. The summed E-state index contributed by atoms with van der Waals surface area (Å²) >= 11 is 0. The molecule has 1 aromatic heterocycles. The number of amides is 1. The van der Waals surface area contributed by atoms with Crippen LogP contribution in [0, 0.1) is 6.92 Å². The maximum absolute atomic E-state index is 11.0. The van der Waals surface area contributed by atoms with Crippen molar-refractivity contribution >= 4 is 16.8 Å². The largest absolute Gasteiger partial charge is 0.490 e. The Bertz CT molecular complexity index is 678. The third-order valence-corrected chi connectivity index (χ3v) is 3.59. The summed E-state index contributed by atoms with van der Waals surface area (Å²) in [5.74, 6) is 0.916. The molecule has 1 aliphatic carbocycles. The first-order chi connectivity index (χ1) is 10.1. The van der Waals surface area contributed by atoms with Gasteiger partial charge < -0.3 is 10.1 Å². The van der Waals surface area contributed by atoms with Crippen molar-refractivity contribution in [1.29, 1.82) is 0 Å². The Morgan fingerprint density at radius 3 is 2.90 bits per heavy atom. The van der Waals surface area contributed by atoms with Crippen LogP contribution >= 0.6 is 0 Å². The van der Waals surface area contributed by atoms with Crippen LogP contribution in [0.5, 0.6) is 5.75 Å². The maximum Gasteiger partial charge on any atom is 0.216 e. The van der Waals surface area contributed by atoms with Crippen LogP contribution in [0.25, 0.3) is 10.9 Å². The van der Waals surface area contributed by atoms with E-state index in [1.165, 1.54) is 12.5 Å². The van der Waals surface area contributed by atoms with E-state index in [-0.39, 0.29) is 5.91 Å². The highest BCUT2D eigenvalue weighted by Crippen LogP contribution is 2.30. The molecule has 1 saturated carbocycles. The number of ether oxygens (including phenoxy) is 1. The Morgan fingerprint density at radius 2 is 2.19 bits per heavy atom. The van der Waals surface area contributed by atoms with Crippen molar-refractivity contribution in [2.45, 2.75) is 39.2 Å². The number of fused-ring (bicyclic) bond motifs is 1. The summed E-state index contributed by atoms with van der Waals surface area (Å²) in [6.45, 7) is 4.18. The van der Waals surface area contributed by atoms with E-state index in [1.54, 1.807) is 0 Å². The predicted molar refractivity (Wildman–Crippen MR) is 82.5 cm³/mol. The van der Waals surface area contributed by atoms with E-state index in [0.29, 0.717) is 12.6 Å². The quantitative estimate of drug-likeness (QED) is 0.918. The molecule has 0 unspecified atom stereocenters. The highest BCUT2D eigenvalue weighted by Gasteiger charge is 2.23. The van der Waals surface area contributed by atoms with E-state index in [1.807, 2.05) is 19.1 Å². The number of nitrogens with one attached hydrogen (secondary N) is 1. The SMILES string of the molecule is CC(=O)NCCc1cc(C)nc2ccc(OC3CC3)cc12. The van der Waals surface area contributed by atoms with Crippen molar-refractivity contribution in [3.05, 3.63) is 35.5 Å². The molecule has 0 atom stereocenters. The second-order valence-electron chi connectivity index (χ2n) is 5.65. The summed E-state index contributed by atoms with van der Waals surface area (Å²) in [5.41, 5.74) is 3.18. The first-order valence-corrected chi connectivity index (χ1v) is 7.43. The molecule has 0 saturated heterocycles. The van der Waals surface area contributed by atoms with Gasteiger partial charge in [-0.2, -0.15) is 0 Å². The molecule has 1 aliphatic rings. The van der Waals surface area contributed by atoms with Crippen LogP contribution in [0.2, 0.25) is 0 Å². The maximum atomic E-state index is 11.0. The lowest BCUT2D eigenvalue weighted by Crippen LogP contribution is -2.22. The fourth-order valence-corrected chi connectivity index (χ4v) is 2.45. The third kappa shape index (κ3) is 3.51. The number of hydrogen-bond donors (Lipinski definition) is 1. The van der Waals surface area contributed by atoms with Gasteiger partial charge in [0.05, 0.1) is 11.6 Å². The van der Waals surface area contributed by atoms with Crippen LogP contribution in [-0.4, -0.2) is 23.5 Å². The summed E-state index contributed by atoms with van der Waals surface area (Å²) in [6, 6.07) is 8.17. The van der Waals surface area contributed by atoms with Gasteiger partial charge in [-0.05, 0) is 56.0 Å². The number of benzene rings is 1. The van der Waals surface area contributed by atoms with Crippen LogP contribution in [-0.2, 0) is 11.2 Å². The number of aromatic nitrogens is 1. The standard InChI is InChI=1S/C17H20N2O2/c1-11-9-13(7-8-18-12(2)20)16-10-15(21-14-3-4-14)5-6-17(16)19-11/h5-6,9-10,14H,3-4,7-8H2,1-2H3,(H,18,20). The van der Waals surface area contributed by atoms with E-state index in [2.05, 4.69) is 22.4 Å². The average molecular weight is 284 g/mol. The van der Waals surface area contributed by atoms with Crippen LogP contribution in [0.3, 0.4) is 0 Å². The molecule has 4 heteroatoms. The Labute approximate surface area is 124 Å². The first kappa shape index (κ1) is 13.9. The zero-order valence-corrected chi connectivity index (χ0v) is 12.5. The Hall–Kier alpha value is -2.10. The molecule has 0 radical (unpaired) electrons. The molecule has 2 aromatic rings. The average Bonchev–Trinajstić information content (AvgIpc) is 3.23. The predicted octanol–water partition coefficient (Wildman–Crippen LogP) is 2.76. The molecule has 1 amide bonds. The highest BCUT2D eigenvalue weighted by atomic mass is 16.5. The summed E-state index contributed by atoms with van der Waals surface area (Å²) < 4.78 is 5.86. The molecule has 1 heterocycles. The molecule has 4 nitrogen and oxygen atoms in total. The number of carbonyl (C=O) groups is 1. The summed E-state index contributed by atoms with van der Waals surface area (Å²) in [6.07, 6.45) is 3.49. The van der Waals surface area contributed by atoms with Gasteiger partial charge in [0, 0.05) is 24.5 Å². The zero-order valence-electron chi connectivity index (χ0n) is 12.5. The molecule has 3 rings (SSSR count). The number of rotatable bonds is 5. The molecule has 110 valence electrons. The fourth-order valence-electron chi connectivity index (χ4n) is 2.45. The van der Waals surface area contributed by atoms with E-state index in [9.17, 15) is 4.79 Å². The molecule has 1 fully saturated rings. The highest BCUT2D eigenvalue weighted by molar-refractivity contribution is 5.84. The van der Waals surface area contributed by atoms with Gasteiger partial charge in [-0.3, -0.25) is 9.78 Å². The minimum atomic E-state index is 0.00263. The lowest BCUT2D eigenvalue weighted by molar-refractivity contribution is -0.118. The minimum Gasteiger partial charge on any atom is -0.490 e.